The van der Waals surface area contributed by atoms with Crippen LogP contribution < -0.4 is 14.4 Å². The number of rotatable bonds is 4. The fourth-order valence-electron chi connectivity index (χ4n) is 14.2. The normalized spacial score (nSPS) is 14.3. The van der Waals surface area contributed by atoms with Gasteiger partial charge in [0.2, 0.25) is 0 Å². The van der Waals surface area contributed by atoms with E-state index in [-0.39, 0.29) is 5.41 Å². The molecule has 0 fully saturated rings. The highest BCUT2D eigenvalue weighted by molar-refractivity contribution is 6.00. The summed E-state index contributed by atoms with van der Waals surface area (Å²) in [6.45, 7) is 0. The van der Waals surface area contributed by atoms with E-state index in [1.165, 1.54) is 88.8 Å². The van der Waals surface area contributed by atoms with Crippen molar-refractivity contribution in [2.75, 3.05) is 4.90 Å². The van der Waals surface area contributed by atoms with Gasteiger partial charge in [-0.2, -0.15) is 0 Å². The van der Waals surface area contributed by atoms with Gasteiger partial charge in [0.1, 0.15) is 0 Å². The van der Waals surface area contributed by atoms with Crippen molar-refractivity contribution >= 4 is 27.8 Å². The molecule has 0 aromatic heterocycles. The van der Waals surface area contributed by atoms with Gasteiger partial charge in [-0.3, -0.25) is 0 Å². The van der Waals surface area contributed by atoms with Crippen molar-refractivity contribution in [2.45, 2.75) is 10.8 Å². The van der Waals surface area contributed by atoms with Crippen LogP contribution in [0.1, 0.15) is 44.5 Å². The average Bonchev–Trinajstić information content (AvgIpc) is 4.17. The predicted molar refractivity (Wildman–Crippen MR) is 303 cm³/mol. The number of anilines is 3. The molecule has 2 spiro atoms. The molecule has 348 valence electrons. The van der Waals surface area contributed by atoms with E-state index in [9.17, 15) is 0 Å². The molecule has 3 heteroatoms. The van der Waals surface area contributed by atoms with Crippen LogP contribution in [0.4, 0.5) is 17.1 Å². The third-order valence-corrected chi connectivity index (χ3v) is 17.1. The van der Waals surface area contributed by atoms with Gasteiger partial charge in [-0.15, -0.1) is 0 Å². The molecule has 0 N–H and O–H groups in total. The van der Waals surface area contributed by atoms with Gasteiger partial charge in [0.25, 0.3) is 0 Å². The summed E-state index contributed by atoms with van der Waals surface area (Å²) in [5, 5.41) is 2.34. The van der Waals surface area contributed by atoms with Gasteiger partial charge in [-0.1, -0.05) is 212 Å². The number of ether oxygens (including phenoxy) is 2. The van der Waals surface area contributed by atoms with Gasteiger partial charge in [-0.25, -0.2) is 0 Å². The molecule has 0 unspecified atom stereocenters. The quantitative estimate of drug-likeness (QED) is 0.175. The molecule has 4 aliphatic carbocycles. The zero-order chi connectivity index (χ0) is 49.0. The summed E-state index contributed by atoms with van der Waals surface area (Å²) in [7, 11) is 0. The highest BCUT2D eigenvalue weighted by Crippen LogP contribution is 2.67. The predicted octanol–water partition coefficient (Wildman–Crippen LogP) is 18.6. The molecule has 0 saturated carbocycles. The number of para-hydroxylation sites is 1. The zero-order valence-corrected chi connectivity index (χ0v) is 40.6. The van der Waals surface area contributed by atoms with Crippen molar-refractivity contribution in [3.8, 4) is 78.6 Å². The lowest BCUT2D eigenvalue weighted by Crippen LogP contribution is -2.25. The molecule has 0 bridgehead atoms. The minimum atomic E-state index is -0.507. The number of fused-ring (bicyclic) bond motifs is 24. The summed E-state index contributed by atoms with van der Waals surface area (Å²) in [5.41, 5.74) is 24.8. The Bertz CT molecular complexity index is 4360. The smallest absolute Gasteiger partial charge is 0.194 e. The molecule has 0 saturated heterocycles. The third-order valence-electron chi connectivity index (χ3n) is 17.1. The lowest BCUT2D eigenvalue weighted by molar-refractivity contribution is 0.361. The van der Waals surface area contributed by atoms with Gasteiger partial charge in [-0.05, 0) is 154 Å². The molecule has 12 aromatic rings. The monoisotopic (exact) mass is 953 g/mol. The summed E-state index contributed by atoms with van der Waals surface area (Å²) in [6.07, 6.45) is 0. The first-order valence-corrected chi connectivity index (χ1v) is 26.0. The topological polar surface area (TPSA) is 21.7 Å². The number of hydrogen-bond donors (Lipinski definition) is 0. The molecular weight excluding hydrogens is 911 g/mol. The summed E-state index contributed by atoms with van der Waals surface area (Å²) in [6, 6.07) is 95.8. The van der Waals surface area contributed by atoms with Crippen molar-refractivity contribution in [1.82, 2.24) is 0 Å². The largest absolute Gasteiger partial charge is 0.449 e. The number of hydrogen-bond acceptors (Lipinski definition) is 3. The average molecular weight is 954 g/mol. The Morgan fingerprint density at radius 3 is 1.33 bits per heavy atom. The number of benzene rings is 12. The maximum absolute atomic E-state index is 7.48. The Morgan fingerprint density at radius 1 is 0.267 bits per heavy atom. The zero-order valence-electron chi connectivity index (χ0n) is 40.6. The molecule has 1 heterocycles. The van der Waals surface area contributed by atoms with Crippen molar-refractivity contribution in [1.29, 1.82) is 0 Å². The highest BCUT2D eigenvalue weighted by Gasteiger charge is 2.54. The maximum Gasteiger partial charge on any atom is 0.194 e. The lowest BCUT2D eigenvalue weighted by atomic mass is 9.70. The summed E-state index contributed by atoms with van der Waals surface area (Å²) in [5.74, 6) is 2.78. The van der Waals surface area contributed by atoms with Crippen LogP contribution >= 0.6 is 0 Å². The highest BCUT2D eigenvalue weighted by atomic mass is 16.6. The van der Waals surface area contributed by atoms with E-state index in [4.69, 9.17) is 9.47 Å². The van der Waals surface area contributed by atoms with Crippen molar-refractivity contribution < 1.29 is 9.47 Å². The fraction of sp³-hybridized carbons (Fsp3) is 0.0278. The van der Waals surface area contributed by atoms with E-state index >= 15 is 0 Å². The molecule has 75 heavy (non-hydrogen) atoms. The van der Waals surface area contributed by atoms with E-state index in [0.29, 0.717) is 17.2 Å². The molecule has 1 aliphatic heterocycles. The lowest BCUT2D eigenvalue weighted by Gasteiger charge is -2.32. The molecule has 0 amide bonds. The second-order valence-electron chi connectivity index (χ2n) is 20.6. The molecule has 5 aliphatic rings. The Morgan fingerprint density at radius 2 is 0.720 bits per heavy atom. The van der Waals surface area contributed by atoms with E-state index in [2.05, 4.69) is 260 Å². The van der Waals surface area contributed by atoms with Crippen LogP contribution in [-0.4, -0.2) is 0 Å². The van der Waals surface area contributed by atoms with Crippen LogP contribution in [0.15, 0.2) is 261 Å². The first-order valence-electron chi connectivity index (χ1n) is 26.0. The van der Waals surface area contributed by atoms with Crippen LogP contribution in [0.2, 0.25) is 0 Å². The van der Waals surface area contributed by atoms with E-state index < -0.39 is 5.41 Å². The molecule has 12 aromatic carbocycles. The van der Waals surface area contributed by atoms with Crippen LogP contribution in [0.3, 0.4) is 0 Å². The van der Waals surface area contributed by atoms with Crippen LogP contribution in [0.5, 0.6) is 23.0 Å². The van der Waals surface area contributed by atoms with Gasteiger partial charge in [0, 0.05) is 16.9 Å². The number of nitrogens with zero attached hydrogens (tertiary/aromatic N) is 1. The Hall–Kier alpha value is -9.70. The standard InChI is InChI=1S/C72H43NO2/c1-2-17-46-42-49(38-34-44(46)16-1)73(48-36-32-45(33-37-48)47-35-39-63-56(43-47)54-22-7-13-28-61(54)71(63)57-24-9-3-18-50(57)51-19-4-10-25-58(51)71)65-30-15-31-66-69(65)75-70-67(74-66)41-40-64-68(70)55-23-8-14-29-62(55)72(64)59-26-11-5-20-52(59)53-21-6-12-27-60(53)72/h1-43H. The van der Waals surface area contributed by atoms with Crippen molar-refractivity contribution in [3.63, 3.8) is 0 Å². The molecule has 0 radical (unpaired) electrons. The Kier molecular flexibility index (Phi) is 8.14. The Labute approximate surface area is 434 Å². The molecule has 17 rings (SSSR count). The second-order valence-corrected chi connectivity index (χ2v) is 20.6. The van der Waals surface area contributed by atoms with Gasteiger partial charge >= 0.3 is 0 Å². The molecular formula is C72H43NO2. The van der Waals surface area contributed by atoms with E-state index in [0.717, 1.165) is 44.9 Å². The minimum Gasteiger partial charge on any atom is -0.449 e. The van der Waals surface area contributed by atoms with E-state index in [1.807, 2.05) is 6.07 Å². The van der Waals surface area contributed by atoms with Gasteiger partial charge < -0.3 is 14.4 Å². The molecule has 0 atom stereocenters. The van der Waals surface area contributed by atoms with Crippen LogP contribution in [0.25, 0.3) is 66.4 Å². The van der Waals surface area contributed by atoms with Crippen molar-refractivity contribution in [2.24, 2.45) is 0 Å². The fourth-order valence-corrected chi connectivity index (χ4v) is 14.2. The van der Waals surface area contributed by atoms with Crippen LogP contribution in [0, 0.1) is 0 Å². The summed E-state index contributed by atoms with van der Waals surface area (Å²) in [4.78, 5) is 2.32. The third kappa shape index (κ3) is 5.24. The maximum atomic E-state index is 7.48. The first-order chi connectivity index (χ1) is 37.2. The first kappa shape index (κ1) is 40.8. The molecule has 3 nitrogen and oxygen atoms in total. The second kappa shape index (κ2) is 14.9. The van der Waals surface area contributed by atoms with Crippen LogP contribution in [-0.2, 0) is 10.8 Å². The van der Waals surface area contributed by atoms with Gasteiger partial charge in [0.15, 0.2) is 23.0 Å². The van der Waals surface area contributed by atoms with E-state index in [1.54, 1.807) is 0 Å². The Balaban J connectivity index is 0.807. The summed E-state index contributed by atoms with van der Waals surface area (Å²) < 4.78 is 14.5. The summed E-state index contributed by atoms with van der Waals surface area (Å²) >= 11 is 0. The minimum absolute atomic E-state index is 0.374. The SMILES string of the molecule is c1ccc2c(c1)-c1ccccc1C21c2ccccc2-c2cc(-c3ccc(N(c4ccc5ccccc5c4)c4cccc5c4Oc4c(ccc6c4-c4ccccc4C64c6ccccc6-c6ccccc64)O5)cc3)ccc21. The van der Waals surface area contributed by atoms with Gasteiger partial charge in [0.05, 0.1) is 16.5 Å². The van der Waals surface area contributed by atoms with Crippen molar-refractivity contribution in [3.05, 3.63) is 305 Å².